The van der Waals surface area contributed by atoms with Crippen LogP contribution in [-0.4, -0.2) is 43.8 Å². The van der Waals surface area contributed by atoms with Crippen molar-refractivity contribution in [1.29, 1.82) is 0 Å². The molecule has 1 aliphatic heterocycles. The van der Waals surface area contributed by atoms with Gasteiger partial charge in [-0.05, 0) is 38.0 Å². The molecule has 4 heteroatoms. The lowest BCUT2D eigenvalue weighted by Crippen LogP contribution is -2.61. The van der Waals surface area contributed by atoms with Crippen molar-refractivity contribution in [3.63, 3.8) is 0 Å². The first kappa shape index (κ1) is 16.1. The van der Waals surface area contributed by atoms with Crippen LogP contribution >= 0.6 is 0 Å². The van der Waals surface area contributed by atoms with Crippen molar-refractivity contribution in [3.05, 3.63) is 23.8 Å². The van der Waals surface area contributed by atoms with Crippen molar-refractivity contribution in [3.8, 4) is 11.5 Å². The summed E-state index contributed by atoms with van der Waals surface area (Å²) in [6.07, 6.45) is 1.17. The molecule has 4 nitrogen and oxygen atoms in total. The lowest BCUT2D eigenvalue weighted by atomic mass is 9.95. The number of piperazine rings is 1. The summed E-state index contributed by atoms with van der Waals surface area (Å²) in [5, 5.41) is 3.63. The zero-order valence-corrected chi connectivity index (χ0v) is 13.9. The van der Waals surface area contributed by atoms with Crippen LogP contribution in [0.25, 0.3) is 0 Å². The van der Waals surface area contributed by atoms with Gasteiger partial charge in [0.1, 0.15) is 0 Å². The van der Waals surface area contributed by atoms with E-state index in [9.17, 15) is 0 Å². The third-order valence-electron chi connectivity index (χ3n) is 4.43. The van der Waals surface area contributed by atoms with Crippen molar-refractivity contribution in [1.82, 2.24) is 10.2 Å². The minimum Gasteiger partial charge on any atom is -0.493 e. The van der Waals surface area contributed by atoms with Gasteiger partial charge in [0.15, 0.2) is 11.5 Å². The van der Waals surface area contributed by atoms with Crippen LogP contribution in [0.2, 0.25) is 0 Å². The molecule has 0 aromatic heterocycles. The molecule has 1 aromatic rings. The Labute approximate surface area is 128 Å². The van der Waals surface area contributed by atoms with Gasteiger partial charge in [-0.1, -0.05) is 13.0 Å². The number of nitrogens with one attached hydrogen (secondary N) is 1. The average Bonchev–Trinajstić information content (AvgIpc) is 2.49. The van der Waals surface area contributed by atoms with E-state index in [0.29, 0.717) is 6.04 Å². The zero-order valence-electron chi connectivity index (χ0n) is 13.9. The summed E-state index contributed by atoms with van der Waals surface area (Å²) in [5.41, 5.74) is 1.43. The van der Waals surface area contributed by atoms with Crippen LogP contribution in [0.3, 0.4) is 0 Å². The smallest absolute Gasteiger partial charge is 0.161 e. The van der Waals surface area contributed by atoms with Crippen LogP contribution in [-0.2, 0) is 6.54 Å². The molecule has 1 N–H and O–H groups in total. The van der Waals surface area contributed by atoms with Crippen LogP contribution in [0.1, 0.15) is 32.8 Å². The molecule has 0 aliphatic carbocycles. The van der Waals surface area contributed by atoms with Crippen LogP contribution in [0, 0.1) is 0 Å². The molecule has 1 atom stereocenters. The van der Waals surface area contributed by atoms with Crippen LogP contribution < -0.4 is 14.8 Å². The Balaban J connectivity index is 2.15. The third-order valence-corrected chi connectivity index (χ3v) is 4.43. The fourth-order valence-electron chi connectivity index (χ4n) is 2.83. The first-order chi connectivity index (χ1) is 10.00. The van der Waals surface area contributed by atoms with Gasteiger partial charge in [-0.2, -0.15) is 0 Å². The third kappa shape index (κ3) is 3.69. The molecule has 1 heterocycles. The number of rotatable bonds is 5. The predicted octanol–water partition coefficient (Wildman–Crippen LogP) is 2.67. The molecule has 1 saturated heterocycles. The van der Waals surface area contributed by atoms with E-state index in [-0.39, 0.29) is 5.54 Å². The normalized spacial score (nSPS) is 22.0. The van der Waals surface area contributed by atoms with Gasteiger partial charge in [-0.3, -0.25) is 4.90 Å². The lowest BCUT2D eigenvalue weighted by molar-refractivity contribution is 0.0576. The lowest BCUT2D eigenvalue weighted by Gasteiger charge is -2.46. The SMILES string of the molecule is CCC1CN(Cc2ccc(OC)c(OC)c2)C(C)(C)CN1. The van der Waals surface area contributed by atoms with E-state index in [1.807, 2.05) is 6.07 Å². The summed E-state index contributed by atoms with van der Waals surface area (Å²) in [6.45, 7) is 9.88. The molecular formula is C17H28N2O2. The summed E-state index contributed by atoms with van der Waals surface area (Å²) in [5.74, 6) is 1.59. The number of methoxy groups -OCH3 is 2. The van der Waals surface area contributed by atoms with Gasteiger partial charge in [0.05, 0.1) is 14.2 Å². The molecule has 1 aliphatic rings. The summed E-state index contributed by atoms with van der Waals surface area (Å²) >= 11 is 0. The van der Waals surface area contributed by atoms with Gasteiger partial charge < -0.3 is 14.8 Å². The molecule has 118 valence electrons. The maximum atomic E-state index is 5.40. The van der Waals surface area contributed by atoms with Crippen molar-refractivity contribution >= 4 is 0 Å². The number of nitrogens with zero attached hydrogens (tertiary/aromatic N) is 1. The minimum absolute atomic E-state index is 0.166. The number of ether oxygens (including phenoxy) is 2. The zero-order chi connectivity index (χ0) is 15.5. The fourth-order valence-corrected chi connectivity index (χ4v) is 2.83. The first-order valence-electron chi connectivity index (χ1n) is 7.69. The Hall–Kier alpha value is -1.26. The summed E-state index contributed by atoms with van der Waals surface area (Å²) < 4.78 is 10.7. The van der Waals surface area contributed by atoms with E-state index in [1.54, 1.807) is 14.2 Å². The quantitative estimate of drug-likeness (QED) is 0.904. The Morgan fingerprint density at radius 3 is 2.57 bits per heavy atom. The minimum atomic E-state index is 0.166. The molecule has 1 fully saturated rings. The number of benzene rings is 1. The number of hydrogen-bond acceptors (Lipinski definition) is 4. The highest BCUT2D eigenvalue weighted by Gasteiger charge is 2.33. The first-order valence-corrected chi connectivity index (χ1v) is 7.69. The van der Waals surface area contributed by atoms with Crippen molar-refractivity contribution in [2.45, 2.75) is 45.3 Å². The maximum absolute atomic E-state index is 5.40. The monoisotopic (exact) mass is 292 g/mol. The van der Waals surface area contributed by atoms with E-state index in [4.69, 9.17) is 9.47 Å². The van der Waals surface area contributed by atoms with Gasteiger partial charge in [0.25, 0.3) is 0 Å². The standard InChI is InChI=1S/C17H28N2O2/c1-6-14-11-19(17(2,3)12-18-14)10-13-7-8-15(20-4)16(9-13)21-5/h7-9,14,18H,6,10-12H2,1-5H3. The molecular weight excluding hydrogens is 264 g/mol. The second kappa shape index (κ2) is 6.67. The van der Waals surface area contributed by atoms with Crippen LogP contribution in [0.15, 0.2) is 18.2 Å². The van der Waals surface area contributed by atoms with Crippen molar-refractivity contribution in [2.24, 2.45) is 0 Å². The highest BCUT2D eigenvalue weighted by Crippen LogP contribution is 2.29. The average molecular weight is 292 g/mol. The molecule has 0 saturated carbocycles. The van der Waals surface area contributed by atoms with E-state index in [0.717, 1.165) is 31.1 Å². The van der Waals surface area contributed by atoms with Crippen molar-refractivity contribution in [2.75, 3.05) is 27.3 Å². The molecule has 0 radical (unpaired) electrons. The highest BCUT2D eigenvalue weighted by atomic mass is 16.5. The maximum Gasteiger partial charge on any atom is 0.161 e. The largest absolute Gasteiger partial charge is 0.493 e. The highest BCUT2D eigenvalue weighted by molar-refractivity contribution is 5.42. The Morgan fingerprint density at radius 1 is 1.24 bits per heavy atom. The second-order valence-corrected chi connectivity index (χ2v) is 6.37. The van der Waals surface area contributed by atoms with E-state index in [2.05, 4.69) is 43.1 Å². The second-order valence-electron chi connectivity index (χ2n) is 6.37. The number of hydrogen-bond donors (Lipinski definition) is 1. The van der Waals surface area contributed by atoms with Gasteiger partial charge in [0.2, 0.25) is 0 Å². The van der Waals surface area contributed by atoms with Crippen LogP contribution in [0.5, 0.6) is 11.5 Å². The van der Waals surface area contributed by atoms with Gasteiger partial charge in [-0.25, -0.2) is 0 Å². The Kier molecular flexibility index (Phi) is 5.12. The molecule has 0 amide bonds. The van der Waals surface area contributed by atoms with Gasteiger partial charge in [0, 0.05) is 31.2 Å². The molecule has 1 unspecified atom stereocenters. The van der Waals surface area contributed by atoms with Crippen molar-refractivity contribution < 1.29 is 9.47 Å². The Bertz CT molecular complexity index is 474. The molecule has 0 bridgehead atoms. The summed E-state index contributed by atoms with van der Waals surface area (Å²) in [6, 6.07) is 6.78. The van der Waals surface area contributed by atoms with E-state index >= 15 is 0 Å². The van der Waals surface area contributed by atoms with Gasteiger partial charge >= 0.3 is 0 Å². The summed E-state index contributed by atoms with van der Waals surface area (Å²) in [4.78, 5) is 2.55. The van der Waals surface area contributed by atoms with Gasteiger partial charge in [-0.15, -0.1) is 0 Å². The topological polar surface area (TPSA) is 33.7 Å². The Morgan fingerprint density at radius 2 is 1.95 bits per heavy atom. The summed E-state index contributed by atoms with van der Waals surface area (Å²) in [7, 11) is 3.35. The predicted molar refractivity (Wildman–Crippen MR) is 86.1 cm³/mol. The van der Waals surface area contributed by atoms with Crippen LogP contribution in [0.4, 0.5) is 0 Å². The molecule has 21 heavy (non-hydrogen) atoms. The van der Waals surface area contributed by atoms with E-state index < -0.39 is 0 Å². The molecule has 2 rings (SSSR count). The fraction of sp³-hybridized carbons (Fsp3) is 0.647. The van der Waals surface area contributed by atoms with E-state index in [1.165, 1.54) is 12.0 Å². The molecule has 1 aromatic carbocycles. The molecule has 0 spiro atoms.